The fraction of sp³-hybridized carbons (Fsp3) is 0.462. The summed E-state index contributed by atoms with van der Waals surface area (Å²) in [6, 6.07) is 5.79. The van der Waals surface area contributed by atoms with Crippen LogP contribution in [-0.2, 0) is 0 Å². The van der Waals surface area contributed by atoms with Gasteiger partial charge in [0.05, 0.1) is 5.52 Å². The zero-order chi connectivity index (χ0) is 11.8. The Balaban J connectivity index is 1.96. The largest absolute Gasteiger partial charge is 0.417 e. The summed E-state index contributed by atoms with van der Waals surface area (Å²) >= 11 is 0. The first-order valence-corrected chi connectivity index (χ1v) is 6.12. The topological polar surface area (TPSA) is 72.0 Å². The van der Waals surface area contributed by atoms with Crippen molar-refractivity contribution < 1.29 is 4.42 Å². The van der Waals surface area contributed by atoms with Crippen LogP contribution in [0.4, 0.5) is 0 Å². The molecule has 90 valence electrons. The molecule has 3 rings (SSSR count). The molecular formula is C13H16N2O2. The normalized spacial score (nSPS) is 18.9. The van der Waals surface area contributed by atoms with E-state index in [1.807, 2.05) is 18.2 Å². The van der Waals surface area contributed by atoms with Crippen molar-refractivity contribution in [3.8, 4) is 0 Å². The van der Waals surface area contributed by atoms with E-state index in [0.717, 1.165) is 11.1 Å². The van der Waals surface area contributed by atoms with E-state index in [1.54, 1.807) is 0 Å². The first-order chi connectivity index (χ1) is 8.24. The van der Waals surface area contributed by atoms with Gasteiger partial charge in [-0.15, -0.1) is 0 Å². The fourth-order valence-electron chi connectivity index (χ4n) is 2.76. The zero-order valence-corrected chi connectivity index (χ0v) is 9.61. The molecule has 0 bridgehead atoms. The minimum absolute atomic E-state index is 0.0575. The van der Waals surface area contributed by atoms with Crippen LogP contribution < -0.4 is 11.5 Å². The van der Waals surface area contributed by atoms with E-state index < -0.39 is 5.76 Å². The van der Waals surface area contributed by atoms with Crippen molar-refractivity contribution in [3.05, 3.63) is 34.3 Å². The molecule has 17 heavy (non-hydrogen) atoms. The van der Waals surface area contributed by atoms with Crippen LogP contribution in [0.5, 0.6) is 0 Å². The zero-order valence-electron chi connectivity index (χ0n) is 9.61. The van der Waals surface area contributed by atoms with Crippen molar-refractivity contribution in [3.63, 3.8) is 0 Å². The average molecular weight is 232 g/mol. The number of benzene rings is 1. The van der Waals surface area contributed by atoms with E-state index in [1.165, 1.54) is 25.7 Å². The monoisotopic (exact) mass is 232 g/mol. The molecule has 1 aromatic heterocycles. The predicted molar refractivity (Wildman–Crippen MR) is 65.7 cm³/mol. The van der Waals surface area contributed by atoms with Crippen LogP contribution in [-0.4, -0.2) is 4.98 Å². The molecule has 0 saturated heterocycles. The quantitative estimate of drug-likeness (QED) is 0.834. The maximum Gasteiger partial charge on any atom is 0.417 e. The number of H-pyrrole nitrogens is 1. The number of nitrogens with one attached hydrogen (secondary N) is 1. The Kier molecular flexibility index (Phi) is 2.52. The number of nitrogens with two attached hydrogens (primary N) is 1. The molecule has 1 aliphatic carbocycles. The van der Waals surface area contributed by atoms with Crippen molar-refractivity contribution in [2.75, 3.05) is 0 Å². The van der Waals surface area contributed by atoms with Gasteiger partial charge in [-0.25, -0.2) is 4.79 Å². The summed E-state index contributed by atoms with van der Waals surface area (Å²) in [7, 11) is 0. The summed E-state index contributed by atoms with van der Waals surface area (Å²) in [5.74, 6) is 0.157. The third-order valence-electron chi connectivity index (χ3n) is 3.74. The summed E-state index contributed by atoms with van der Waals surface area (Å²) in [6.07, 6.45) is 4.96. The minimum Gasteiger partial charge on any atom is -0.408 e. The maximum absolute atomic E-state index is 11.1. The second-order valence-electron chi connectivity index (χ2n) is 4.84. The van der Waals surface area contributed by atoms with Crippen molar-refractivity contribution in [1.29, 1.82) is 0 Å². The summed E-state index contributed by atoms with van der Waals surface area (Å²) in [5.41, 5.74) is 8.66. The lowest BCUT2D eigenvalue weighted by Gasteiger charge is -2.18. The molecule has 4 heteroatoms. The number of hydrogen-bond donors (Lipinski definition) is 2. The number of aromatic nitrogens is 1. The van der Waals surface area contributed by atoms with Crippen molar-refractivity contribution >= 4 is 11.1 Å². The van der Waals surface area contributed by atoms with Gasteiger partial charge in [-0.3, -0.25) is 4.98 Å². The Labute approximate surface area is 98.8 Å². The van der Waals surface area contributed by atoms with E-state index in [-0.39, 0.29) is 6.04 Å². The van der Waals surface area contributed by atoms with Crippen molar-refractivity contribution in [2.45, 2.75) is 31.7 Å². The Morgan fingerprint density at radius 3 is 2.88 bits per heavy atom. The van der Waals surface area contributed by atoms with Crippen LogP contribution in [0.3, 0.4) is 0 Å². The van der Waals surface area contributed by atoms with Gasteiger partial charge < -0.3 is 10.2 Å². The smallest absolute Gasteiger partial charge is 0.408 e. The molecule has 1 fully saturated rings. The van der Waals surface area contributed by atoms with Gasteiger partial charge in [0.25, 0.3) is 0 Å². The molecule has 0 radical (unpaired) electrons. The van der Waals surface area contributed by atoms with Gasteiger partial charge in [0.1, 0.15) is 0 Å². The highest BCUT2D eigenvalue weighted by Gasteiger charge is 2.23. The predicted octanol–water partition coefficient (Wildman–Crippen LogP) is 2.31. The first kappa shape index (κ1) is 10.6. The Morgan fingerprint density at radius 2 is 2.12 bits per heavy atom. The van der Waals surface area contributed by atoms with Crippen LogP contribution in [0.15, 0.2) is 27.4 Å². The molecule has 1 atom stereocenters. The number of oxazole rings is 1. The van der Waals surface area contributed by atoms with Crippen LogP contribution in [0.25, 0.3) is 11.1 Å². The van der Waals surface area contributed by atoms with Crippen LogP contribution in [0, 0.1) is 5.92 Å². The third-order valence-corrected chi connectivity index (χ3v) is 3.74. The standard InChI is InChI=1S/C13H16N2O2/c14-12(8-3-1-2-4-8)9-5-6-10-11(7-9)17-13(16)15-10/h5-8,12H,1-4,14H2,(H,15,16). The molecule has 1 unspecified atom stereocenters. The van der Waals surface area contributed by atoms with E-state index in [0.29, 0.717) is 11.5 Å². The Bertz CT molecular complexity index is 578. The molecule has 2 aromatic rings. The lowest BCUT2D eigenvalue weighted by molar-refractivity contribution is 0.444. The number of hydrogen-bond acceptors (Lipinski definition) is 3. The molecule has 1 saturated carbocycles. The SMILES string of the molecule is NC(c1ccc2[nH]c(=O)oc2c1)C1CCCC1. The molecule has 0 spiro atoms. The number of aromatic amines is 1. The van der Waals surface area contributed by atoms with Gasteiger partial charge in [0.2, 0.25) is 0 Å². The fourth-order valence-corrected chi connectivity index (χ4v) is 2.76. The number of fused-ring (bicyclic) bond motifs is 1. The molecule has 3 N–H and O–H groups in total. The van der Waals surface area contributed by atoms with E-state index in [9.17, 15) is 4.79 Å². The highest BCUT2D eigenvalue weighted by molar-refractivity contribution is 5.72. The molecule has 1 aliphatic rings. The Hall–Kier alpha value is -1.55. The summed E-state index contributed by atoms with van der Waals surface area (Å²) in [5, 5.41) is 0. The van der Waals surface area contributed by atoms with Gasteiger partial charge in [-0.2, -0.15) is 0 Å². The second-order valence-corrected chi connectivity index (χ2v) is 4.84. The van der Waals surface area contributed by atoms with E-state index in [2.05, 4.69) is 4.98 Å². The highest BCUT2D eigenvalue weighted by atomic mass is 16.4. The van der Waals surface area contributed by atoms with Gasteiger partial charge >= 0.3 is 5.76 Å². The summed E-state index contributed by atoms with van der Waals surface area (Å²) in [6.45, 7) is 0. The minimum atomic E-state index is -0.411. The van der Waals surface area contributed by atoms with Crippen molar-refractivity contribution in [2.24, 2.45) is 11.7 Å². The molecule has 0 amide bonds. The van der Waals surface area contributed by atoms with Crippen LogP contribution >= 0.6 is 0 Å². The molecule has 0 aliphatic heterocycles. The third kappa shape index (κ3) is 1.89. The summed E-state index contributed by atoms with van der Waals surface area (Å²) in [4.78, 5) is 13.7. The lowest BCUT2D eigenvalue weighted by atomic mass is 9.92. The highest BCUT2D eigenvalue weighted by Crippen LogP contribution is 2.34. The van der Waals surface area contributed by atoms with E-state index in [4.69, 9.17) is 10.2 Å². The van der Waals surface area contributed by atoms with Gasteiger partial charge in [-0.1, -0.05) is 18.9 Å². The van der Waals surface area contributed by atoms with Crippen LogP contribution in [0.1, 0.15) is 37.3 Å². The van der Waals surface area contributed by atoms with Gasteiger partial charge in [0, 0.05) is 6.04 Å². The summed E-state index contributed by atoms with van der Waals surface area (Å²) < 4.78 is 5.05. The first-order valence-electron chi connectivity index (χ1n) is 6.12. The van der Waals surface area contributed by atoms with Gasteiger partial charge in [-0.05, 0) is 36.5 Å². The molecule has 1 heterocycles. The molecule has 4 nitrogen and oxygen atoms in total. The Morgan fingerprint density at radius 1 is 1.35 bits per heavy atom. The molecule has 1 aromatic carbocycles. The van der Waals surface area contributed by atoms with Crippen molar-refractivity contribution in [1.82, 2.24) is 4.98 Å². The second kappa shape index (κ2) is 4.04. The molecular weight excluding hydrogens is 216 g/mol. The van der Waals surface area contributed by atoms with Gasteiger partial charge in [0.15, 0.2) is 5.58 Å². The lowest BCUT2D eigenvalue weighted by Crippen LogP contribution is -2.18. The van der Waals surface area contributed by atoms with Crippen LogP contribution in [0.2, 0.25) is 0 Å². The maximum atomic E-state index is 11.1. The van der Waals surface area contributed by atoms with E-state index >= 15 is 0 Å². The average Bonchev–Trinajstić information content (AvgIpc) is 2.94. The number of rotatable bonds is 2.